The van der Waals surface area contributed by atoms with Crippen molar-refractivity contribution in [2.24, 2.45) is 0 Å². The summed E-state index contributed by atoms with van der Waals surface area (Å²) in [5.74, 6) is 0.719. The molecule has 0 saturated carbocycles. The van der Waals surface area contributed by atoms with Crippen molar-refractivity contribution in [1.82, 2.24) is 20.2 Å². The molecule has 1 N–H and O–H groups in total. The van der Waals surface area contributed by atoms with Gasteiger partial charge in [0, 0.05) is 45.1 Å². The van der Waals surface area contributed by atoms with E-state index in [2.05, 4.69) is 20.2 Å². The Bertz CT molecular complexity index is 1070. The second kappa shape index (κ2) is 15.2. The van der Waals surface area contributed by atoms with Crippen LogP contribution in [0.1, 0.15) is 11.1 Å². The molecule has 3 aromatic rings. The summed E-state index contributed by atoms with van der Waals surface area (Å²) >= 11 is 12.1. The summed E-state index contributed by atoms with van der Waals surface area (Å²) in [5.41, 5.74) is 2.01. The van der Waals surface area contributed by atoms with Crippen LogP contribution >= 0.6 is 48.0 Å². The minimum atomic E-state index is -0.470. The number of nitrogens with zero attached hydrogens (tertiary/aromatic N) is 4. The van der Waals surface area contributed by atoms with Gasteiger partial charge in [0.15, 0.2) is 0 Å². The molecule has 11 heteroatoms. The van der Waals surface area contributed by atoms with Crippen molar-refractivity contribution in [2.45, 2.75) is 19.2 Å². The molecule has 0 radical (unpaired) electrons. The maximum absolute atomic E-state index is 13.4. The summed E-state index contributed by atoms with van der Waals surface area (Å²) in [6.45, 7) is 3.74. The van der Waals surface area contributed by atoms with Gasteiger partial charge in [0.25, 0.3) is 0 Å². The summed E-state index contributed by atoms with van der Waals surface area (Å²) in [4.78, 5) is 26.0. The number of hydrogen-bond donors (Lipinski definition) is 1. The van der Waals surface area contributed by atoms with Crippen molar-refractivity contribution >= 4 is 59.9 Å². The summed E-state index contributed by atoms with van der Waals surface area (Å²) in [7, 11) is 0. The molecule has 1 unspecified atom stereocenters. The highest BCUT2D eigenvalue weighted by atomic mass is 35.5. The van der Waals surface area contributed by atoms with Crippen LogP contribution in [0, 0.1) is 0 Å². The monoisotopic (exact) mass is 571 g/mol. The zero-order valence-electron chi connectivity index (χ0n) is 19.6. The lowest BCUT2D eigenvalue weighted by Gasteiger charge is -2.36. The molecule has 7 nitrogen and oxygen atoms in total. The Kier molecular flexibility index (Phi) is 12.7. The fourth-order valence-electron chi connectivity index (χ4n) is 3.78. The van der Waals surface area contributed by atoms with Crippen molar-refractivity contribution < 1.29 is 9.53 Å². The first-order valence-corrected chi connectivity index (χ1v) is 12.0. The highest BCUT2D eigenvalue weighted by molar-refractivity contribution is 6.42. The number of hydrogen-bond acceptors (Lipinski definition) is 6. The van der Waals surface area contributed by atoms with E-state index in [1.165, 1.54) is 0 Å². The lowest BCUT2D eigenvalue weighted by Crippen LogP contribution is -2.55. The number of anilines is 1. The maximum atomic E-state index is 13.4. The Morgan fingerprint density at radius 1 is 0.917 bits per heavy atom. The summed E-state index contributed by atoms with van der Waals surface area (Å²) in [6, 6.07) is 16.7. The van der Waals surface area contributed by atoms with E-state index >= 15 is 0 Å². The molecule has 1 amide bonds. The Morgan fingerprint density at radius 3 is 2.28 bits per heavy atom. The first-order valence-electron chi connectivity index (χ1n) is 11.2. The van der Waals surface area contributed by atoms with Gasteiger partial charge < -0.3 is 14.5 Å². The Balaban J connectivity index is 0.00000228. The van der Waals surface area contributed by atoms with Crippen LogP contribution < -0.4 is 10.2 Å². The van der Waals surface area contributed by atoms with Crippen molar-refractivity contribution in [3.05, 3.63) is 88.2 Å². The maximum Gasteiger partial charge on any atom is 0.242 e. The van der Waals surface area contributed by atoms with Crippen LogP contribution in [0.5, 0.6) is 0 Å². The van der Waals surface area contributed by atoms with Crippen molar-refractivity contribution in [2.75, 3.05) is 37.7 Å². The fourth-order valence-corrected chi connectivity index (χ4v) is 4.10. The molecule has 1 fully saturated rings. The van der Waals surface area contributed by atoms with Crippen LogP contribution in [0.4, 0.5) is 5.95 Å². The van der Waals surface area contributed by atoms with E-state index in [-0.39, 0.29) is 37.3 Å². The van der Waals surface area contributed by atoms with Crippen LogP contribution in [0.15, 0.2) is 67.0 Å². The largest absolute Gasteiger partial charge is 0.375 e. The van der Waals surface area contributed by atoms with Gasteiger partial charge in [-0.1, -0.05) is 59.6 Å². The predicted octanol–water partition coefficient (Wildman–Crippen LogP) is 4.65. The molecule has 0 bridgehead atoms. The molecule has 2 aromatic carbocycles. The van der Waals surface area contributed by atoms with E-state index in [9.17, 15) is 4.79 Å². The van der Waals surface area contributed by atoms with Crippen molar-refractivity contribution in [3.8, 4) is 0 Å². The average Bonchev–Trinajstić information content (AvgIpc) is 2.89. The van der Waals surface area contributed by atoms with Crippen LogP contribution in [-0.4, -0.2) is 59.6 Å². The molecule has 1 aromatic heterocycles. The zero-order valence-corrected chi connectivity index (χ0v) is 22.7. The first kappa shape index (κ1) is 30.1. The molecule has 1 aliphatic rings. The first-order chi connectivity index (χ1) is 16.6. The number of piperazine rings is 1. The van der Waals surface area contributed by atoms with Gasteiger partial charge >= 0.3 is 0 Å². The van der Waals surface area contributed by atoms with Gasteiger partial charge in [-0.3, -0.25) is 10.1 Å². The number of carbonyl (C=O) groups is 1. The number of carbonyl (C=O) groups excluding carboxylic acids is 1. The number of nitrogens with one attached hydrogen (secondary N) is 1. The fraction of sp³-hybridized carbons (Fsp3) is 0.320. The quantitative estimate of drug-likeness (QED) is 0.402. The predicted molar refractivity (Wildman–Crippen MR) is 149 cm³/mol. The van der Waals surface area contributed by atoms with Gasteiger partial charge in [-0.15, -0.1) is 24.8 Å². The lowest BCUT2D eigenvalue weighted by atomic mass is 10.2. The third kappa shape index (κ3) is 8.47. The van der Waals surface area contributed by atoms with E-state index in [0.717, 1.165) is 11.1 Å². The molecule has 0 aliphatic carbocycles. The number of amides is 1. The molecular formula is C25H29Cl4N5O2. The van der Waals surface area contributed by atoms with E-state index < -0.39 is 6.04 Å². The number of benzene rings is 2. The van der Waals surface area contributed by atoms with Gasteiger partial charge in [-0.05, 0) is 29.3 Å². The van der Waals surface area contributed by atoms with E-state index in [1.54, 1.807) is 30.6 Å². The van der Waals surface area contributed by atoms with E-state index in [0.29, 0.717) is 55.3 Å². The van der Waals surface area contributed by atoms with Gasteiger partial charge in [-0.25, -0.2) is 9.97 Å². The number of ether oxygens (including phenoxy) is 1. The lowest BCUT2D eigenvalue weighted by molar-refractivity contribution is -0.135. The van der Waals surface area contributed by atoms with Gasteiger partial charge in [0.05, 0.1) is 23.3 Å². The van der Waals surface area contributed by atoms with E-state index in [1.807, 2.05) is 41.3 Å². The Labute approximate surface area is 234 Å². The molecule has 1 atom stereocenters. The molecular weight excluding hydrogens is 544 g/mol. The topological polar surface area (TPSA) is 70.6 Å². The molecule has 194 valence electrons. The van der Waals surface area contributed by atoms with Gasteiger partial charge in [0.1, 0.15) is 6.04 Å². The molecule has 36 heavy (non-hydrogen) atoms. The normalized spacial score (nSPS) is 13.9. The van der Waals surface area contributed by atoms with Gasteiger partial charge in [-0.2, -0.15) is 0 Å². The molecule has 2 heterocycles. The average molecular weight is 573 g/mol. The third-order valence-corrected chi connectivity index (χ3v) is 6.40. The summed E-state index contributed by atoms with van der Waals surface area (Å²) < 4.78 is 5.93. The summed E-state index contributed by atoms with van der Waals surface area (Å²) in [6.07, 6.45) is 3.46. The second-order valence-corrected chi connectivity index (χ2v) is 8.86. The van der Waals surface area contributed by atoms with Crippen LogP contribution in [0.2, 0.25) is 10.0 Å². The number of aromatic nitrogens is 2. The molecule has 0 spiro atoms. The van der Waals surface area contributed by atoms with Crippen molar-refractivity contribution in [1.29, 1.82) is 0 Å². The smallest absolute Gasteiger partial charge is 0.242 e. The van der Waals surface area contributed by atoms with Crippen LogP contribution in [0.3, 0.4) is 0 Å². The van der Waals surface area contributed by atoms with Crippen LogP contribution in [-0.2, 0) is 22.7 Å². The molecule has 1 aliphatic heterocycles. The minimum Gasteiger partial charge on any atom is -0.375 e. The minimum absolute atomic E-state index is 0. The van der Waals surface area contributed by atoms with Gasteiger partial charge in [0.2, 0.25) is 11.9 Å². The van der Waals surface area contributed by atoms with Crippen molar-refractivity contribution in [3.63, 3.8) is 0 Å². The Morgan fingerprint density at radius 2 is 1.61 bits per heavy atom. The highest BCUT2D eigenvalue weighted by Gasteiger charge is 2.28. The molecule has 1 saturated heterocycles. The zero-order chi connectivity index (χ0) is 23.8. The standard InChI is InChI=1S/C25H27Cl2N5O2.2ClH/c26-21-8-7-20(15-22(21)27)17-34-18-23(30-16-19-5-2-1-3-6-19)24(33)31-11-13-32(14-12-31)25-28-9-4-10-29-25;;/h1-10,15,23,30H,11-14,16-18H2;2*1H. The Hall–Kier alpha value is -2.13. The second-order valence-electron chi connectivity index (χ2n) is 8.04. The van der Waals surface area contributed by atoms with Crippen LogP contribution in [0.25, 0.3) is 0 Å². The van der Waals surface area contributed by atoms with E-state index in [4.69, 9.17) is 27.9 Å². The highest BCUT2D eigenvalue weighted by Crippen LogP contribution is 2.23. The summed E-state index contributed by atoms with van der Waals surface area (Å²) in [5, 5.41) is 4.37. The number of halogens is 4. The SMILES string of the molecule is Cl.Cl.O=C(C(COCc1ccc(Cl)c(Cl)c1)NCc1ccccc1)N1CCN(c2ncccn2)CC1. The number of rotatable bonds is 9. The molecule has 4 rings (SSSR count). The third-order valence-electron chi connectivity index (χ3n) is 5.66.